The van der Waals surface area contributed by atoms with E-state index in [0.29, 0.717) is 35.9 Å². The Morgan fingerprint density at radius 3 is 2.42 bits per heavy atom. The van der Waals surface area contributed by atoms with Crippen molar-refractivity contribution < 1.29 is 4.74 Å². The lowest BCUT2D eigenvalue weighted by molar-refractivity contribution is 0.306. The molecule has 1 N–H and O–H groups in total. The molecule has 3 heterocycles. The minimum atomic E-state index is -0.486. The molecule has 5 aromatic rings. The van der Waals surface area contributed by atoms with E-state index in [2.05, 4.69) is 29.0 Å². The summed E-state index contributed by atoms with van der Waals surface area (Å²) in [5.41, 5.74) is 1.83. The van der Waals surface area contributed by atoms with E-state index in [1.165, 1.54) is 4.57 Å². The second-order valence-corrected chi connectivity index (χ2v) is 8.45. The van der Waals surface area contributed by atoms with Gasteiger partial charge in [-0.3, -0.25) is 14.3 Å². The number of nitrogens with one attached hydrogen (secondary N) is 1. The van der Waals surface area contributed by atoms with Gasteiger partial charge in [-0.05, 0) is 35.7 Å². The number of nitrogens with zero attached hydrogens (tertiary/aromatic N) is 5. The number of aromatic amines is 1. The van der Waals surface area contributed by atoms with Crippen LogP contribution >= 0.6 is 0 Å². The molecule has 5 rings (SSSR count). The summed E-state index contributed by atoms with van der Waals surface area (Å²) in [5.74, 6) is 2.06. The highest BCUT2D eigenvalue weighted by Gasteiger charge is 2.23. The number of aromatic nitrogens is 6. The molecule has 168 valence electrons. The molecule has 33 heavy (non-hydrogen) atoms. The van der Waals surface area contributed by atoms with Gasteiger partial charge in [0.2, 0.25) is 5.78 Å². The van der Waals surface area contributed by atoms with Crippen LogP contribution in [-0.4, -0.2) is 28.7 Å². The predicted molar refractivity (Wildman–Crippen MR) is 125 cm³/mol. The van der Waals surface area contributed by atoms with Crippen LogP contribution in [-0.2, 0) is 20.2 Å². The van der Waals surface area contributed by atoms with Crippen LogP contribution in [0.1, 0.15) is 19.4 Å². The molecule has 0 bridgehead atoms. The van der Waals surface area contributed by atoms with Crippen LogP contribution in [0.25, 0.3) is 28.3 Å². The van der Waals surface area contributed by atoms with Crippen molar-refractivity contribution in [3.63, 3.8) is 0 Å². The second-order valence-electron chi connectivity index (χ2n) is 8.45. The van der Waals surface area contributed by atoms with Crippen LogP contribution in [0.4, 0.5) is 0 Å². The highest BCUT2D eigenvalue weighted by atomic mass is 16.5. The van der Waals surface area contributed by atoms with E-state index in [-0.39, 0.29) is 5.92 Å². The third-order valence-electron chi connectivity index (χ3n) is 5.55. The van der Waals surface area contributed by atoms with Crippen molar-refractivity contribution in [2.45, 2.75) is 27.0 Å². The van der Waals surface area contributed by atoms with Crippen LogP contribution in [0, 0.1) is 5.92 Å². The molecule has 0 unspecified atom stereocenters. The maximum atomic E-state index is 12.7. The fraction of sp³-hybridized carbons (Fsp3) is 0.250. The van der Waals surface area contributed by atoms with Gasteiger partial charge in [0.25, 0.3) is 5.56 Å². The molecule has 9 nitrogen and oxygen atoms in total. The molecule has 0 amide bonds. The van der Waals surface area contributed by atoms with Crippen molar-refractivity contribution in [1.82, 2.24) is 28.7 Å². The highest BCUT2D eigenvalue weighted by Crippen LogP contribution is 2.26. The molecular weight excluding hydrogens is 420 g/mol. The number of imidazole rings is 1. The van der Waals surface area contributed by atoms with Crippen LogP contribution in [0.15, 0.2) is 64.2 Å². The number of hydrogen-bond acceptors (Lipinski definition) is 5. The van der Waals surface area contributed by atoms with Gasteiger partial charge in [-0.2, -0.15) is 0 Å². The van der Waals surface area contributed by atoms with E-state index in [4.69, 9.17) is 4.74 Å². The largest absolute Gasteiger partial charge is 0.489 e. The summed E-state index contributed by atoms with van der Waals surface area (Å²) in [4.78, 5) is 27.5. The van der Waals surface area contributed by atoms with Gasteiger partial charge >= 0.3 is 5.69 Å². The van der Waals surface area contributed by atoms with Crippen molar-refractivity contribution in [2.24, 2.45) is 13.0 Å². The Kier molecular flexibility index (Phi) is 5.08. The molecule has 0 radical (unpaired) electrons. The first-order valence-corrected chi connectivity index (χ1v) is 10.8. The lowest BCUT2D eigenvalue weighted by Gasteiger charge is -2.07. The molecule has 0 fully saturated rings. The average Bonchev–Trinajstić information content (AvgIpc) is 3.36. The number of fused-ring (bicyclic) bond motifs is 3. The fourth-order valence-corrected chi connectivity index (χ4v) is 4.01. The number of aryl methyl sites for hydroxylation is 1. The van der Waals surface area contributed by atoms with Gasteiger partial charge in [0, 0.05) is 19.2 Å². The normalized spacial score (nSPS) is 11.6. The Hall–Kier alpha value is -4.14. The molecule has 0 aliphatic carbocycles. The van der Waals surface area contributed by atoms with Crippen molar-refractivity contribution in [3.8, 4) is 17.1 Å². The predicted octanol–water partition coefficient (Wildman–Crippen LogP) is 2.97. The van der Waals surface area contributed by atoms with Crippen LogP contribution in [0.3, 0.4) is 0 Å². The van der Waals surface area contributed by atoms with Gasteiger partial charge in [-0.15, -0.1) is 10.2 Å². The maximum absolute atomic E-state index is 12.7. The standard InChI is InChI=1S/C24H24N6O3/c1-15(2)13-29-19-21(31)25-24(32)28(3)22(19)30-20(26-27-23(29)30)17-9-11-18(12-10-17)33-14-16-7-5-4-6-8-16/h4-12,15H,13-14H2,1-3H3,(H,25,31,32). The fourth-order valence-electron chi connectivity index (χ4n) is 4.01. The van der Waals surface area contributed by atoms with Gasteiger partial charge < -0.3 is 9.30 Å². The quantitative estimate of drug-likeness (QED) is 0.434. The first-order chi connectivity index (χ1) is 15.9. The van der Waals surface area contributed by atoms with Crippen molar-refractivity contribution in [3.05, 3.63) is 81.0 Å². The lowest BCUT2D eigenvalue weighted by atomic mass is 10.2. The molecule has 0 aliphatic heterocycles. The topological polar surface area (TPSA) is 99.2 Å². The van der Waals surface area contributed by atoms with E-state index < -0.39 is 11.2 Å². The van der Waals surface area contributed by atoms with Gasteiger partial charge in [0.1, 0.15) is 12.4 Å². The van der Waals surface area contributed by atoms with Crippen LogP contribution < -0.4 is 16.0 Å². The molecular formula is C24H24N6O3. The second kappa shape index (κ2) is 8.09. The summed E-state index contributed by atoms with van der Waals surface area (Å²) in [6.07, 6.45) is 0. The summed E-state index contributed by atoms with van der Waals surface area (Å²) in [6, 6.07) is 17.5. The van der Waals surface area contributed by atoms with E-state index in [1.54, 1.807) is 11.4 Å². The smallest absolute Gasteiger partial charge is 0.329 e. The van der Waals surface area contributed by atoms with E-state index in [1.807, 2.05) is 59.2 Å². The van der Waals surface area contributed by atoms with Crippen molar-refractivity contribution in [1.29, 1.82) is 0 Å². The number of H-pyrrole nitrogens is 1. The van der Waals surface area contributed by atoms with Crippen molar-refractivity contribution in [2.75, 3.05) is 0 Å². The highest BCUT2D eigenvalue weighted by molar-refractivity contribution is 5.79. The summed E-state index contributed by atoms with van der Waals surface area (Å²) >= 11 is 0. The number of benzene rings is 2. The molecule has 0 saturated heterocycles. The third-order valence-corrected chi connectivity index (χ3v) is 5.55. The molecule has 9 heteroatoms. The van der Waals surface area contributed by atoms with Crippen molar-refractivity contribution >= 4 is 16.9 Å². The summed E-state index contributed by atoms with van der Waals surface area (Å²) in [6.45, 7) is 5.16. The number of hydrogen-bond donors (Lipinski definition) is 1. The summed E-state index contributed by atoms with van der Waals surface area (Å²) < 4.78 is 10.9. The lowest BCUT2D eigenvalue weighted by Crippen LogP contribution is -2.29. The van der Waals surface area contributed by atoms with Crippen LogP contribution in [0.5, 0.6) is 5.75 Å². The molecule has 0 saturated carbocycles. The van der Waals surface area contributed by atoms with E-state index in [9.17, 15) is 9.59 Å². The first-order valence-electron chi connectivity index (χ1n) is 10.8. The average molecular weight is 444 g/mol. The summed E-state index contributed by atoms with van der Waals surface area (Å²) in [5, 5.41) is 8.76. The molecule has 0 spiro atoms. The Morgan fingerprint density at radius 1 is 1.00 bits per heavy atom. The number of rotatable bonds is 6. The van der Waals surface area contributed by atoms with E-state index in [0.717, 1.165) is 16.9 Å². The van der Waals surface area contributed by atoms with E-state index >= 15 is 0 Å². The minimum Gasteiger partial charge on any atom is -0.489 e. The zero-order chi connectivity index (χ0) is 23.1. The zero-order valence-corrected chi connectivity index (χ0v) is 18.6. The van der Waals surface area contributed by atoms with Gasteiger partial charge in [0.05, 0.1) is 0 Å². The zero-order valence-electron chi connectivity index (χ0n) is 18.6. The molecule has 0 atom stereocenters. The maximum Gasteiger partial charge on any atom is 0.329 e. The van der Waals surface area contributed by atoms with Gasteiger partial charge in [0.15, 0.2) is 17.0 Å². The summed E-state index contributed by atoms with van der Waals surface area (Å²) in [7, 11) is 1.63. The van der Waals surface area contributed by atoms with Crippen LogP contribution in [0.2, 0.25) is 0 Å². The Labute approximate surface area is 188 Å². The Morgan fingerprint density at radius 2 is 1.73 bits per heavy atom. The Bertz CT molecular complexity index is 1560. The minimum absolute atomic E-state index is 0.266. The third kappa shape index (κ3) is 3.61. The Balaban J connectivity index is 1.60. The van der Waals surface area contributed by atoms with Gasteiger partial charge in [-0.25, -0.2) is 9.20 Å². The molecule has 2 aromatic carbocycles. The monoisotopic (exact) mass is 444 g/mol. The molecule has 0 aliphatic rings. The van der Waals surface area contributed by atoms with Gasteiger partial charge in [-0.1, -0.05) is 44.2 Å². The number of ether oxygens (including phenoxy) is 1. The SMILES string of the molecule is CC(C)Cn1c2c(=O)[nH]c(=O)n(C)c2n2c(-c3ccc(OCc4ccccc4)cc3)nnc12. The first kappa shape index (κ1) is 20.7. The molecule has 3 aromatic heterocycles.